The van der Waals surface area contributed by atoms with E-state index in [1.807, 2.05) is 24.3 Å². The monoisotopic (exact) mass is 375 g/mol. The Morgan fingerprint density at radius 2 is 1.85 bits per heavy atom. The topological polar surface area (TPSA) is 25.2 Å². The van der Waals surface area contributed by atoms with Crippen LogP contribution in [0, 0.1) is 0 Å². The highest BCUT2D eigenvalue weighted by Crippen LogP contribution is 2.38. The summed E-state index contributed by atoms with van der Waals surface area (Å²) in [6.07, 6.45) is 0.961. The minimum atomic E-state index is 0.210. The van der Waals surface area contributed by atoms with Gasteiger partial charge in [0.25, 0.3) is 0 Å². The Labute approximate surface area is 137 Å². The van der Waals surface area contributed by atoms with Crippen molar-refractivity contribution < 1.29 is 4.42 Å². The molecule has 0 aliphatic rings. The molecule has 1 atom stereocenters. The zero-order valence-electron chi connectivity index (χ0n) is 11.3. The van der Waals surface area contributed by atoms with Crippen molar-refractivity contribution >= 4 is 39.1 Å². The number of benzene rings is 1. The first kappa shape index (κ1) is 15.9. The summed E-state index contributed by atoms with van der Waals surface area (Å²) in [6, 6.07) is 7.72. The van der Waals surface area contributed by atoms with E-state index in [9.17, 15) is 0 Å². The predicted octanol–water partition coefficient (Wildman–Crippen LogP) is 6.08. The Bertz CT molecular complexity index is 574. The van der Waals surface area contributed by atoms with E-state index in [1.54, 1.807) is 0 Å². The van der Waals surface area contributed by atoms with Gasteiger partial charge in [-0.1, -0.05) is 53.0 Å². The highest BCUT2D eigenvalue weighted by atomic mass is 79.9. The van der Waals surface area contributed by atoms with Gasteiger partial charge in [-0.15, -0.1) is 0 Å². The van der Waals surface area contributed by atoms with Crippen molar-refractivity contribution in [1.82, 2.24) is 5.32 Å². The van der Waals surface area contributed by atoms with Crippen LogP contribution in [0.5, 0.6) is 0 Å². The summed E-state index contributed by atoms with van der Waals surface area (Å²) in [6.45, 7) is 5.10. The van der Waals surface area contributed by atoms with Crippen LogP contribution >= 0.6 is 39.1 Å². The van der Waals surface area contributed by atoms with Crippen LogP contribution in [0.25, 0.3) is 11.3 Å². The van der Waals surface area contributed by atoms with Gasteiger partial charge in [0.1, 0.15) is 11.5 Å². The Morgan fingerprint density at radius 1 is 1.20 bits per heavy atom. The average Bonchev–Trinajstić information content (AvgIpc) is 2.84. The van der Waals surface area contributed by atoms with Gasteiger partial charge in [-0.2, -0.15) is 0 Å². The largest absolute Gasteiger partial charge is 0.459 e. The van der Waals surface area contributed by atoms with Crippen LogP contribution in [0.3, 0.4) is 0 Å². The van der Waals surface area contributed by atoms with Gasteiger partial charge in [0.2, 0.25) is 0 Å². The molecule has 5 heteroatoms. The number of rotatable bonds is 5. The van der Waals surface area contributed by atoms with Gasteiger partial charge in [-0.3, -0.25) is 0 Å². The van der Waals surface area contributed by atoms with Crippen LogP contribution in [0.4, 0.5) is 0 Å². The van der Waals surface area contributed by atoms with E-state index in [0.717, 1.165) is 28.8 Å². The van der Waals surface area contributed by atoms with Crippen molar-refractivity contribution in [2.45, 2.75) is 26.3 Å². The molecule has 0 saturated heterocycles. The molecule has 0 aliphatic carbocycles. The summed E-state index contributed by atoms with van der Waals surface area (Å²) in [5.41, 5.74) is 0.731. The Kier molecular flexibility index (Phi) is 5.56. The molecule has 0 fully saturated rings. The van der Waals surface area contributed by atoms with Crippen molar-refractivity contribution in [3.05, 3.63) is 44.5 Å². The van der Waals surface area contributed by atoms with Crippen molar-refractivity contribution in [3.8, 4) is 11.3 Å². The Hall–Kier alpha value is -0.480. The molecular weight excluding hydrogens is 361 g/mol. The second-order valence-corrected chi connectivity index (χ2v) is 6.20. The van der Waals surface area contributed by atoms with Gasteiger partial charge < -0.3 is 9.73 Å². The molecular formula is C15H16BrCl2NO. The highest BCUT2D eigenvalue weighted by molar-refractivity contribution is 9.10. The molecule has 0 radical (unpaired) electrons. The fraction of sp³-hybridized carbons (Fsp3) is 0.333. The van der Waals surface area contributed by atoms with Crippen LogP contribution in [0.2, 0.25) is 10.0 Å². The van der Waals surface area contributed by atoms with Gasteiger partial charge >= 0.3 is 0 Å². The summed E-state index contributed by atoms with van der Waals surface area (Å²) in [7, 11) is 0. The molecule has 0 aliphatic heterocycles. The minimum Gasteiger partial charge on any atom is -0.459 e. The predicted molar refractivity (Wildman–Crippen MR) is 88.6 cm³/mol. The lowest BCUT2D eigenvalue weighted by Crippen LogP contribution is -2.19. The fourth-order valence-electron chi connectivity index (χ4n) is 2.14. The second kappa shape index (κ2) is 6.99. The third-order valence-electron chi connectivity index (χ3n) is 3.08. The normalized spacial score (nSPS) is 12.7. The van der Waals surface area contributed by atoms with Crippen molar-refractivity contribution in [2.75, 3.05) is 6.54 Å². The third-order valence-corrected chi connectivity index (χ3v) is 4.14. The van der Waals surface area contributed by atoms with Gasteiger partial charge in [0, 0.05) is 4.47 Å². The molecule has 1 N–H and O–H groups in total. The SMILES string of the molecule is CCNC(CC)c1ccc(-c2c(Cl)cc(Br)cc2Cl)o1. The van der Waals surface area contributed by atoms with Crippen LogP contribution in [-0.4, -0.2) is 6.54 Å². The molecule has 0 saturated carbocycles. The number of nitrogens with one attached hydrogen (secondary N) is 1. The summed E-state index contributed by atoms with van der Waals surface area (Å²) in [4.78, 5) is 0. The van der Waals surface area contributed by atoms with Crippen molar-refractivity contribution in [3.63, 3.8) is 0 Å². The summed E-state index contributed by atoms with van der Waals surface area (Å²) < 4.78 is 6.78. The zero-order chi connectivity index (χ0) is 14.7. The molecule has 1 unspecified atom stereocenters. The first-order valence-electron chi connectivity index (χ1n) is 6.54. The number of hydrogen-bond acceptors (Lipinski definition) is 2. The molecule has 1 aromatic heterocycles. The molecule has 1 aromatic carbocycles. The smallest absolute Gasteiger partial charge is 0.137 e. The van der Waals surface area contributed by atoms with E-state index in [4.69, 9.17) is 27.6 Å². The van der Waals surface area contributed by atoms with E-state index in [-0.39, 0.29) is 6.04 Å². The Morgan fingerprint density at radius 3 is 2.40 bits per heavy atom. The second-order valence-electron chi connectivity index (χ2n) is 4.46. The average molecular weight is 377 g/mol. The quantitative estimate of drug-likeness (QED) is 0.684. The molecule has 2 aromatic rings. The van der Waals surface area contributed by atoms with Crippen molar-refractivity contribution in [2.24, 2.45) is 0 Å². The number of furan rings is 1. The minimum absolute atomic E-state index is 0.210. The van der Waals surface area contributed by atoms with E-state index >= 15 is 0 Å². The maximum absolute atomic E-state index is 6.26. The van der Waals surface area contributed by atoms with E-state index in [1.165, 1.54) is 0 Å². The van der Waals surface area contributed by atoms with Crippen molar-refractivity contribution in [1.29, 1.82) is 0 Å². The van der Waals surface area contributed by atoms with Gasteiger partial charge in [0.05, 0.1) is 21.7 Å². The lowest BCUT2D eigenvalue weighted by atomic mass is 10.1. The molecule has 2 nitrogen and oxygen atoms in total. The third kappa shape index (κ3) is 3.40. The highest BCUT2D eigenvalue weighted by Gasteiger charge is 2.17. The first-order valence-corrected chi connectivity index (χ1v) is 8.09. The van der Waals surface area contributed by atoms with Gasteiger partial charge in [-0.05, 0) is 37.2 Å². The van der Waals surface area contributed by atoms with Gasteiger partial charge in [-0.25, -0.2) is 0 Å². The fourth-order valence-corrected chi connectivity index (χ4v) is 3.54. The maximum atomic E-state index is 6.26. The summed E-state index contributed by atoms with van der Waals surface area (Å²) >= 11 is 15.9. The summed E-state index contributed by atoms with van der Waals surface area (Å²) in [5, 5.41) is 4.53. The number of halogens is 3. The standard InChI is InChI=1S/C15H16BrCl2NO/c1-3-12(19-4-2)13-5-6-14(20-13)15-10(17)7-9(16)8-11(15)18/h5-8,12,19H,3-4H2,1-2H3. The molecule has 108 valence electrons. The molecule has 0 spiro atoms. The lowest BCUT2D eigenvalue weighted by molar-refractivity contribution is 0.417. The van der Waals surface area contributed by atoms with E-state index in [0.29, 0.717) is 15.8 Å². The molecule has 0 amide bonds. The molecule has 20 heavy (non-hydrogen) atoms. The van der Waals surface area contributed by atoms with Gasteiger partial charge in [0.15, 0.2) is 0 Å². The van der Waals surface area contributed by atoms with Crippen LogP contribution in [-0.2, 0) is 0 Å². The van der Waals surface area contributed by atoms with E-state index < -0.39 is 0 Å². The summed E-state index contributed by atoms with van der Waals surface area (Å²) in [5.74, 6) is 1.60. The zero-order valence-corrected chi connectivity index (χ0v) is 14.4. The molecule has 1 heterocycles. The Balaban J connectivity index is 2.38. The van der Waals surface area contributed by atoms with Crippen LogP contribution in [0.1, 0.15) is 32.1 Å². The van der Waals surface area contributed by atoms with Crippen LogP contribution in [0.15, 0.2) is 33.2 Å². The maximum Gasteiger partial charge on any atom is 0.137 e. The molecule has 2 rings (SSSR count). The number of hydrogen-bond donors (Lipinski definition) is 1. The molecule has 0 bridgehead atoms. The lowest BCUT2D eigenvalue weighted by Gasteiger charge is -2.12. The van der Waals surface area contributed by atoms with Crippen LogP contribution < -0.4 is 5.32 Å². The first-order chi connectivity index (χ1) is 9.56. The van der Waals surface area contributed by atoms with E-state index in [2.05, 4.69) is 35.1 Å².